The smallest absolute Gasteiger partial charge is 0.266 e. The highest BCUT2D eigenvalue weighted by atomic mass is 16.1. The van der Waals surface area contributed by atoms with Crippen molar-refractivity contribution in [3.8, 4) is 11.3 Å². The van der Waals surface area contributed by atoms with E-state index in [0.29, 0.717) is 6.54 Å². The average molecular weight is 375 g/mol. The van der Waals surface area contributed by atoms with Crippen LogP contribution >= 0.6 is 0 Å². The lowest BCUT2D eigenvalue weighted by molar-refractivity contribution is 0.122. The maximum Gasteiger partial charge on any atom is 0.266 e. The van der Waals surface area contributed by atoms with Gasteiger partial charge in [0.25, 0.3) is 5.56 Å². The second-order valence-corrected chi connectivity index (χ2v) is 7.12. The molecule has 144 valence electrons. The van der Waals surface area contributed by atoms with Crippen LogP contribution in [0.25, 0.3) is 11.3 Å². The Hall–Kier alpha value is -2.83. The Morgan fingerprint density at radius 2 is 1.50 bits per heavy atom. The van der Waals surface area contributed by atoms with Crippen LogP contribution in [-0.4, -0.2) is 57.3 Å². The van der Waals surface area contributed by atoms with E-state index in [-0.39, 0.29) is 5.56 Å². The van der Waals surface area contributed by atoms with Crippen LogP contribution in [0, 0.1) is 0 Å². The minimum Gasteiger partial charge on any atom is -0.299 e. The summed E-state index contributed by atoms with van der Waals surface area (Å²) in [6, 6.07) is 17.8. The average Bonchev–Trinajstić information content (AvgIpc) is 2.75. The SMILES string of the molecule is O=c1ccc(-c2ccncc2)nn1CCN1CCN(Cc2ccccc2)CC1. The standard InChI is InChI=1S/C22H25N5O/c28-22-7-6-21(20-8-10-23-11-9-20)24-27(22)17-16-25-12-14-26(15-13-25)18-19-4-2-1-3-5-19/h1-11H,12-18H2. The van der Waals surface area contributed by atoms with Gasteiger partial charge in [-0.25, -0.2) is 4.68 Å². The Kier molecular flexibility index (Phi) is 5.89. The number of hydrogen-bond acceptors (Lipinski definition) is 5. The predicted molar refractivity (Wildman–Crippen MR) is 110 cm³/mol. The highest BCUT2D eigenvalue weighted by Crippen LogP contribution is 2.13. The molecule has 0 N–H and O–H groups in total. The van der Waals surface area contributed by atoms with E-state index in [1.807, 2.05) is 12.1 Å². The monoisotopic (exact) mass is 375 g/mol. The lowest BCUT2D eigenvalue weighted by Crippen LogP contribution is -2.47. The largest absolute Gasteiger partial charge is 0.299 e. The Labute approximate surface area is 165 Å². The molecule has 0 radical (unpaired) electrons. The van der Waals surface area contributed by atoms with Gasteiger partial charge in [-0.05, 0) is 23.8 Å². The van der Waals surface area contributed by atoms with E-state index in [0.717, 1.165) is 50.5 Å². The number of piperazine rings is 1. The third-order valence-electron chi connectivity index (χ3n) is 5.18. The van der Waals surface area contributed by atoms with Crippen LogP contribution in [0.15, 0.2) is 71.8 Å². The number of benzene rings is 1. The predicted octanol–water partition coefficient (Wildman–Crippen LogP) is 2.12. The number of hydrogen-bond donors (Lipinski definition) is 0. The van der Waals surface area contributed by atoms with Gasteiger partial charge in [-0.1, -0.05) is 30.3 Å². The van der Waals surface area contributed by atoms with Crippen molar-refractivity contribution in [2.75, 3.05) is 32.7 Å². The summed E-state index contributed by atoms with van der Waals surface area (Å²) < 4.78 is 1.58. The van der Waals surface area contributed by atoms with Gasteiger partial charge in [0.1, 0.15) is 0 Å². The van der Waals surface area contributed by atoms with Crippen LogP contribution in [0.1, 0.15) is 5.56 Å². The molecule has 0 spiro atoms. The highest BCUT2D eigenvalue weighted by molar-refractivity contribution is 5.56. The van der Waals surface area contributed by atoms with Crippen molar-refractivity contribution in [2.24, 2.45) is 0 Å². The summed E-state index contributed by atoms with van der Waals surface area (Å²) in [4.78, 5) is 21.1. The zero-order valence-electron chi connectivity index (χ0n) is 15.9. The molecular weight excluding hydrogens is 350 g/mol. The summed E-state index contributed by atoms with van der Waals surface area (Å²) in [6.07, 6.45) is 3.47. The molecule has 1 aromatic carbocycles. The molecule has 1 saturated heterocycles. The first kappa shape index (κ1) is 18.5. The molecule has 2 aromatic heterocycles. The minimum absolute atomic E-state index is 0.0551. The Balaban J connectivity index is 1.31. The number of nitrogens with zero attached hydrogens (tertiary/aromatic N) is 5. The normalized spacial score (nSPS) is 15.6. The highest BCUT2D eigenvalue weighted by Gasteiger charge is 2.17. The molecule has 4 rings (SSSR count). The molecule has 6 heteroatoms. The van der Waals surface area contributed by atoms with Gasteiger partial charge in [0, 0.05) is 63.3 Å². The topological polar surface area (TPSA) is 54.3 Å². The van der Waals surface area contributed by atoms with E-state index in [9.17, 15) is 4.79 Å². The first-order valence-corrected chi connectivity index (χ1v) is 9.75. The quantitative estimate of drug-likeness (QED) is 0.661. The fourth-order valence-corrected chi connectivity index (χ4v) is 3.53. The van der Waals surface area contributed by atoms with Crippen molar-refractivity contribution >= 4 is 0 Å². The third-order valence-corrected chi connectivity index (χ3v) is 5.18. The number of pyridine rings is 1. The molecule has 0 amide bonds. The van der Waals surface area contributed by atoms with Crippen molar-refractivity contribution in [3.05, 3.63) is 82.9 Å². The molecule has 0 atom stereocenters. The van der Waals surface area contributed by atoms with Gasteiger partial charge in [-0.3, -0.25) is 19.6 Å². The lowest BCUT2D eigenvalue weighted by atomic mass is 10.2. The maximum atomic E-state index is 12.2. The molecule has 3 heterocycles. The molecule has 0 unspecified atom stereocenters. The maximum absolute atomic E-state index is 12.2. The van der Waals surface area contributed by atoms with Gasteiger partial charge < -0.3 is 0 Å². The van der Waals surface area contributed by atoms with Crippen molar-refractivity contribution < 1.29 is 0 Å². The fraction of sp³-hybridized carbons (Fsp3) is 0.318. The third kappa shape index (κ3) is 4.71. The van der Waals surface area contributed by atoms with Gasteiger partial charge in [-0.2, -0.15) is 5.10 Å². The summed E-state index contributed by atoms with van der Waals surface area (Å²) in [5, 5.41) is 4.54. The second kappa shape index (κ2) is 8.91. The van der Waals surface area contributed by atoms with Crippen LogP contribution in [0.5, 0.6) is 0 Å². The molecule has 6 nitrogen and oxygen atoms in total. The second-order valence-electron chi connectivity index (χ2n) is 7.12. The fourth-order valence-electron chi connectivity index (χ4n) is 3.53. The molecule has 1 aliphatic heterocycles. The molecule has 0 aliphatic carbocycles. The van der Waals surface area contributed by atoms with Crippen LogP contribution in [-0.2, 0) is 13.1 Å². The Morgan fingerprint density at radius 1 is 0.786 bits per heavy atom. The molecular formula is C22H25N5O. The summed E-state index contributed by atoms with van der Waals surface area (Å²) >= 11 is 0. The van der Waals surface area contributed by atoms with Crippen LogP contribution in [0.3, 0.4) is 0 Å². The van der Waals surface area contributed by atoms with E-state index < -0.39 is 0 Å². The van der Waals surface area contributed by atoms with Crippen molar-refractivity contribution in [3.63, 3.8) is 0 Å². The van der Waals surface area contributed by atoms with Gasteiger partial charge in [-0.15, -0.1) is 0 Å². The van der Waals surface area contributed by atoms with Crippen molar-refractivity contribution in [1.82, 2.24) is 24.6 Å². The summed E-state index contributed by atoms with van der Waals surface area (Å²) in [5.74, 6) is 0. The van der Waals surface area contributed by atoms with Gasteiger partial charge in [0.05, 0.1) is 12.2 Å². The van der Waals surface area contributed by atoms with Crippen molar-refractivity contribution in [2.45, 2.75) is 13.1 Å². The van der Waals surface area contributed by atoms with E-state index in [4.69, 9.17) is 0 Å². The molecule has 0 saturated carbocycles. The van der Waals surface area contributed by atoms with E-state index in [2.05, 4.69) is 50.2 Å². The zero-order chi connectivity index (χ0) is 19.2. The molecule has 0 bridgehead atoms. The molecule has 28 heavy (non-hydrogen) atoms. The van der Waals surface area contributed by atoms with Gasteiger partial charge >= 0.3 is 0 Å². The first-order chi connectivity index (χ1) is 13.8. The van der Waals surface area contributed by atoms with Gasteiger partial charge in [0.15, 0.2) is 0 Å². The summed E-state index contributed by atoms with van der Waals surface area (Å²) in [7, 11) is 0. The summed E-state index contributed by atoms with van der Waals surface area (Å²) in [5.41, 5.74) is 3.08. The molecule has 3 aromatic rings. The summed E-state index contributed by atoms with van der Waals surface area (Å²) in [6.45, 7) is 6.59. The molecule has 1 fully saturated rings. The minimum atomic E-state index is -0.0551. The molecule has 1 aliphatic rings. The van der Waals surface area contributed by atoms with Gasteiger partial charge in [0.2, 0.25) is 0 Å². The van der Waals surface area contributed by atoms with Crippen LogP contribution in [0.2, 0.25) is 0 Å². The van der Waals surface area contributed by atoms with E-state index in [1.54, 1.807) is 29.2 Å². The van der Waals surface area contributed by atoms with E-state index in [1.165, 1.54) is 5.56 Å². The first-order valence-electron chi connectivity index (χ1n) is 9.75. The lowest BCUT2D eigenvalue weighted by Gasteiger charge is -2.34. The van der Waals surface area contributed by atoms with Crippen molar-refractivity contribution in [1.29, 1.82) is 0 Å². The Bertz CT molecular complexity index is 934. The number of rotatable bonds is 6. The Morgan fingerprint density at radius 3 is 2.25 bits per heavy atom. The van der Waals surface area contributed by atoms with Crippen LogP contribution in [0.4, 0.5) is 0 Å². The zero-order valence-corrected chi connectivity index (χ0v) is 15.9. The van der Waals surface area contributed by atoms with E-state index >= 15 is 0 Å². The van der Waals surface area contributed by atoms with Crippen LogP contribution < -0.4 is 5.56 Å². The number of aromatic nitrogens is 3.